The van der Waals surface area contributed by atoms with Crippen molar-refractivity contribution in [3.63, 3.8) is 0 Å². The van der Waals surface area contributed by atoms with E-state index < -0.39 is 5.82 Å². The highest BCUT2D eigenvalue weighted by Gasteiger charge is 2.44. The fourth-order valence-electron chi connectivity index (χ4n) is 4.14. The van der Waals surface area contributed by atoms with Gasteiger partial charge in [0.1, 0.15) is 5.82 Å². The molecule has 4 rings (SSSR count). The lowest BCUT2D eigenvalue weighted by Gasteiger charge is -2.21. The summed E-state index contributed by atoms with van der Waals surface area (Å²) in [5.41, 5.74) is 1.56. The second-order valence-corrected chi connectivity index (χ2v) is 8.39. The number of hydrogen-bond donors (Lipinski definition) is 2. The summed E-state index contributed by atoms with van der Waals surface area (Å²) >= 11 is 6.23. The Kier molecular flexibility index (Phi) is 5.86. The molecular formula is C23H24ClFN2O2. The summed E-state index contributed by atoms with van der Waals surface area (Å²) in [4.78, 5) is 25.0. The van der Waals surface area contributed by atoms with Crippen molar-refractivity contribution in [3.8, 4) is 0 Å². The van der Waals surface area contributed by atoms with Crippen molar-refractivity contribution < 1.29 is 14.0 Å². The summed E-state index contributed by atoms with van der Waals surface area (Å²) in [6.07, 6.45) is 5.64. The molecule has 0 heterocycles. The number of amides is 2. The monoisotopic (exact) mass is 414 g/mol. The van der Waals surface area contributed by atoms with Gasteiger partial charge in [-0.3, -0.25) is 9.59 Å². The van der Waals surface area contributed by atoms with Gasteiger partial charge >= 0.3 is 0 Å². The molecule has 29 heavy (non-hydrogen) atoms. The van der Waals surface area contributed by atoms with E-state index in [1.807, 2.05) is 24.3 Å². The van der Waals surface area contributed by atoms with Crippen LogP contribution in [0.5, 0.6) is 0 Å². The van der Waals surface area contributed by atoms with Crippen LogP contribution in [0, 0.1) is 17.7 Å². The van der Waals surface area contributed by atoms with Crippen LogP contribution in [0.4, 0.5) is 15.8 Å². The SMILES string of the molecule is O=C(Nc1cc(NC(=O)C2CC2c2ccccc2Cl)ccc1F)C1CCCCC1. The third-order valence-electron chi connectivity index (χ3n) is 5.90. The Morgan fingerprint density at radius 1 is 0.966 bits per heavy atom. The summed E-state index contributed by atoms with van der Waals surface area (Å²) in [6.45, 7) is 0. The maximum atomic E-state index is 14.2. The Morgan fingerprint density at radius 3 is 2.48 bits per heavy atom. The molecule has 2 aliphatic rings. The largest absolute Gasteiger partial charge is 0.326 e. The minimum atomic E-state index is -0.507. The second-order valence-electron chi connectivity index (χ2n) is 7.98. The molecule has 0 bridgehead atoms. The average molecular weight is 415 g/mol. The minimum Gasteiger partial charge on any atom is -0.326 e. The van der Waals surface area contributed by atoms with Crippen LogP contribution in [0.25, 0.3) is 0 Å². The summed E-state index contributed by atoms with van der Waals surface area (Å²) in [6, 6.07) is 11.8. The van der Waals surface area contributed by atoms with Gasteiger partial charge in [0.15, 0.2) is 0 Å². The number of benzene rings is 2. The van der Waals surface area contributed by atoms with Crippen LogP contribution in [-0.4, -0.2) is 11.8 Å². The normalized spacial score (nSPS) is 21.4. The Morgan fingerprint density at radius 2 is 1.72 bits per heavy atom. The van der Waals surface area contributed by atoms with Crippen molar-refractivity contribution in [2.75, 3.05) is 10.6 Å². The Labute approximate surface area is 174 Å². The third-order valence-corrected chi connectivity index (χ3v) is 6.24. The number of halogens is 2. The number of rotatable bonds is 5. The number of carbonyl (C=O) groups excluding carboxylic acids is 2. The van der Waals surface area contributed by atoms with E-state index in [1.165, 1.54) is 18.2 Å². The summed E-state index contributed by atoms with van der Waals surface area (Å²) < 4.78 is 14.2. The van der Waals surface area contributed by atoms with E-state index in [4.69, 9.17) is 11.6 Å². The van der Waals surface area contributed by atoms with Crippen LogP contribution in [0.2, 0.25) is 5.02 Å². The molecule has 2 saturated carbocycles. The van der Waals surface area contributed by atoms with E-state index in [9.17, 15) is 14.0 Å². The van der Waals surface area contributed by atoms with Gasteiger partial charge in [0.25, 0.3) is 0 Å². The highest BCUT2D eigenvalue weighted by Crippen LogP contribution is 2.50. The zero-order chi connectivity index (χ0) is 20.4. The van der Waals surface area contributed by atoms with Crippen molar-refractivity contribution in [2.45, 2.75) is 44.4 Å². The molecule has 6 heteroatoms. The molecule has 2 unspecified atom stereocenters. The van der Waals surface area contributed by atoms with Gasteiger partial charge in [-0.15, -0.1) is 0 Å². The van der Waals surface area contributed by atoms with E-state index >= 15 is 0 Å². The van der Waals surface area contributed by atoms with Gasteiger partial charge in [0, 0.05) is 22.5 Å². The lowest BCUT2D eigenvalue weighted by Crippen LogP contribution is -2.25. The predicted molar refractivity (Wildman–Crippen MR) is 113 cm³/mol. The zero-order valence-electron chi connectivity index (χ0n) is 16.1. The van der Waals surface area contributed by atoms with Gasteiger partial charge < -0.3 is 10.6 Å². The first-order valence-electron chi connectivity index (χ1n) is 10.2. The number of carbonyl (C=O) groups is 2. The standard InChI is InChI=1S/C23H24ClFN2O2/c24-19-9-5-4-8-16(19)17-13-18(17)23(29)26-15-10-11-20(25)21(12-15)27-22(28)14-6-2-1-3-7-14/h4-5,8-12,14,17-18H,1-3,6-7,13H2,(H,26,29)(H,27,28). The quantitative estimate of drug-likeness (QED) is 0.655. The number of anilines is 2. The third kappa shape index (κ3) is 4.61. The molecule has 0 spiro atoms. The van der Waals surface area contributed by atoms with Crippen LogP contribution in [0.1, 0.15) is 50.0 Å². The Balaban J connectivity index is 1.39. The average Bonchev–Trinajstić information content (AvgIpc) is 3.52. The fourth-order valence-corrected chi connectivity index (χ4v) is 4.41. The molecule has 0 saturated heterocycles. The molecule has 152 valence electrons. The van der Waals surface area contributed by atoms with E-state index in [-0.39, 0.29) is 35.3 Å². The Hall–Kier alpha value is -2.40. The molecule has 0 aliphatic heterocycles. The first kappa shape index (κ1) is 19.9. The number of nitrogens with one attached hydrogen (secondary N) is 2. The van der Waals surface area contributed by atoms with Crippen molar-refractivity contribution >= 4 is 34.8 Å². The van der Waals surface area contributed by atoms with Crippen LogP contribution in [0.15, 0.2) is 42.5 Å². The van der Waals surface area contributed by atoms with E-state index in [2.05, 4.69) is 10.6 Å². The van der Waals surface area contributed by atoms with Crippen LogP contribution in [-0.2, 0) is 9.59 Å². The van der Waals surface area contributed by atoms with Crippen LogP contribution >= 0.6 is 11.6 Å². The molecule has 2 amide bonds. The van der Waals surface area contributed by atoms with Gasteiger partial charge in [0.05, 0.1) is 5.69 Å². The minimum absolute atomic E-state index is 0.0655. The van der Waals surface area contributed by atoms with Crippen LogP contribution in [0.3, 0.4) is 0 Å². The molecule has 2 atom stereocenters. The molecule has 0 aromatic heterocycles. The maximum absolute atomic E-state index is 14.2. The summed E-state index contributed by atoms with van der Waals surface area (Å²) in [5, 5.41) is 6.21. The fraction of sp³-hybridized carbons (Fsp3) is 0.391. The lowest BCUT2D eigenvalue weighted by molar-refractivity contribution is -0.120. The zero-order valence-corrected chi connectivity index (χ0v) is 16.8. The molecule has 2 fully saturated rings. The second kappa shape index (κ2) is 8.54. The predicted octanol–water partition coefficient (Wildman–Crippen LogP) is 5.74. The van der Waals surface area contributed by atoms with Gasteiger partial charge in [-0.05, 0) is 55.0 Å². The topological polar surface area (TPSA) is 58.2 Å². The van der Waals surface area contributed by atoms with E-state index in [0.29, 0.717) is 10.7 Å². The summed E-state index contributed by atoms with van der Waals surface area (Å²) in [7, 11) is 0. The van der Waals surface area contributed by atoms with Crippen molar-refractivity contribution in [1.82, 2.24) is 0 Å². The van der Waals surface area contributed by atoms with Gasteiger partial charge in [-0.2, -0.15) is 0 Å². The van der Waals surface area contributed by atoms with E-state index in [1.54, 1.807) is 0 Å². The van der Waals surface area contributed by atoms with Crippen molar-refractivity contribution in [2.24, 2.45) is 11.8 Å². The molecular weight excluding hydrogens is 391 g/mol. The maximum Gasteiger partial charge on any atom is 0.228 e. The molecule has 4 nitrogen and oxygen atoms in total. The first-order valence-corrected chi connectivity index (χ1v) is 10.6. The van der Waals surface area contributed by atoms with Gasteiger partial charge in [0.2, 0.25) is 11.8 Å². The smallest absolute Gasteiger partial charge is 0.228 e. The van der Waals surface area contributed by atoms with E-state index in [0.717, 1.165) is 44.1 Å². The van der Waals surface area contributed by atoms with Gasteiger partial charge in [-0.25, -0.2) is 4.39 Å². The highest BCUT2D eigenvalue weighted by atomic mass is 35.5. The molecule has 2 N–H and O–H groups in total. The lowest BCUT2D eigenvalue weighted by atomic mass is 9.88. The number of hydrogen-bond acceptors (Lipinski definition) is 2. The summed E-state index contributed by atoms with van der Waals surface area (Å²) in [5.74, 6) is -0.884. The Bertz CT molecular complexity index is 927. The molecule has 2 aliphatic carbocycles. The van der Waals surface area contributed by atoms with Crippen molar-refractivity contribution in [3.05, 3.63) is 58.9 Å². The first-order chi connectivity index (χ1) is 14.0. The van der Waals surface area contributed by atoms with Gasteiger partial charge in [-0.1, -0.05) is 49.1 Å². The van der Waals surface area contributed by atoms with Crippen molar-refractivity contribution in [1.29, 1.82) is 0 Å². The molecule has 2 aromatic rings. The molecule has 2 aromatic carbocycles. The highest BCUT2D eigenvalue weighted by molar-refractivity contribution is 6.31. The van der Waals surface area contributed by atoms with Crippen LogP contribution < -0.4 is 10.6 Å². The molecule has 0 radical (unpaired) electrons.